The highest BCUT2D eigenvalue weighted by atomic mass is 16.5. The molecule has 0 unspecified atom stereocenters. The van der Waals surface area contributed by atoms with Crippen molar-refractivity contribution < 1.29 is 19.1 Å². The molecule has 0 saturated heterocycles. The van der Waals surface area contributed by atoms with E-state index in [2.05, 4.69) is 0 Å². The summed E-state index contributed by atoms with van der Waals surface area (Å²) in [7, 11) is 0. The number of carbonyl (C=O) groups is 2. The molecule has 18 heavy (non-hydrogen) atoms. The van der Waals surface area contributed by atoms with Gasteiger partial charge in [-0.2, -0.15) is 0 Å². The summed E-state index contributed by atoms with van der Waals surface area (Å²) in [6, 6.07) is 9.11. The van der Waals surface area contributed by atoms with E-state index in [0.29, 0.717) is 29.9 Å². The van der Waals surface area contributed by atoms with E-state index in [9.17, 15) is 9.59 Å². The second kappa shape index (κ2) is 5.49. The third-order valence-corrected chi connectivity index (χ3v) is 2.63. The summed E-state index contributed by atoms with van der Waals surface area (Å²) in [4.78, 5) is 23.2. The van der Waals surface area contributed by atoms with E-state index in [1.54, 1.807) is 19.1 Å². The van der Waals surface area contributed by atoms with E-state index in [4.69, 9.17) is 9.47 Å². The Kier molecular flexibility index (Phi) is 3.77. The lowest BCUT2D eigenvalue weighted by Crippen LogP contribution is -2.19. The van der Waals surface area contributed by atoms with E-state index >= 15 is 0 Å². The van der Waals surface area contributed by atoms with Crippen molar-refractivity contribution in [2.24, 2.45) is 0 Å². The first kappa shape index (κ1) is 12.4. The third-order valence-electron chi connectivity index (χ3n) is 2.63. The van der Waals surface area contributed by atoms with E-state index in [1.807, 2.05) is 18.2 Å². The van der Waals surface area contributed by atoms with E-state index in [-0.39, 0.29) is 12.4 Å². The number of carbonyl (C=O) groups excluding carboxylic acids is 2. The Hall–Kier alpha value is -2.10. The highest BCUT2D eigenvalue weighted by molar-refractivity contribution is 6.00. The van der Waals surface area contributed by atoms with Crippen LogP contribution in [0.4, 0.5) is 0 Å². The number of ether oxygens (including phenoxy) is 2. The molecule has 0 bridgehead atoms. The van der Waals surface area contributed by atoms with Crippen LogP contribution in [-0.4, -0.2) is 18.5 Å². The highest BCUT2D eigenvalue weighted by Crippen LogP contribution is 2.29. The second-order valence-electron chi connectivity index (χ2n) is 3.87. The molecule has 0 saturated carbocycles. The summed E-state index contributed by atoms with van der Waals surface area (Å²) < 4.78 is 10.2. The number of hydrogen-bond donors (Lipinski definition) is 0. The van der Waals surface area contributed by atoms with Crippen molar-refractivity contribution in [3.8, 4) is 0 Å². The third kappa shape index (κ3) is 2.59. The lowest BCUT2D eigenvalue weighted by Gasteiger charge is -2.18. The maximum absolute atomic E-state index is 11.8. The van der Waals surface area contributed by atoms with Gasteiger partial charge in [-0.3, -0.25) is 4.79 Å². The van der Waals surface area contributed by atoms with Gasteiger partial charge in [0, 0.05) is 5.56 Å². The van der Waals surface area contributed by atoms with Crippen LogP contribution in [0, 0.1) is 0 Å². The van der Waals surface area contributed by atoms with Gasteiger partial charge in [0.25, 0.3) is 0 Å². The molecule has 0 aromatic heterocycles. The van der Waals surface area contributed by atoms with Gasteiger partial charge in [0.05, 0.1) is 18.6 Å². The fourth-order valence-electron chi connectivity index (χ4n) is 1.80. The van der Waals surface area contributed by atoms with Gasteiger partial charge in [0.2, 0.25) is 0 Å². The van der Waals surface area contributed by atoms with E-state index < -0.39 is 5.97 Å². The fraction of sp³-hybridized carbons (Fsp3) is 0.286. The number of cyclic esters (lactones) is 1. The summed E-state index contributed by atoms with van der Waals surface area (Å²) in [6.07, 6.45) is 0.576. The standard InChI is InChI=1S/C14H14O4/c1-2-17-14(16)11-8-9-12(15)18-13(11)10-6-4-3-5-7-10/h3-7H,2,8-9H2,1H3. The van der Waals surface area contributed by atoms with Crippen molar-refractivity contribution in [1.82, 2.24) is 0 Å². The van der Waals surface area contributed by atoms with Crippen molar-refractivity contribution in [2.45, 2.75) is 19.8 Å². The summed E-state index contributed by atoms with van der Waals surface area (Å²) in [5.41, 5.74) is 1.15. The SMILES string of the molecule is CCOC(=O)C1=C(c2ccccc2)OC(=O)CC1. The summed E-state index contributed by atoms with van der Waals surface area (Å²) >= 11 is 0. The van der Waals surface area contributed by atoms with Gasteiger partial charge >= 0.3 is 11.9 Å². The summed E-state index contributed by atoms with van der Waals surface area (Å²) in [6.45, 7) is 2.05. The lowest BCUT2D eigenvalue weighted by molar-refractivity contribution is -0.140. The molecule has 1 aliphatic heterocycles. The topological polar surface area (TPSA) is 52.6 Å². The van der Waals surface area contributed by atoms with Gasteiger partial charge in [-0.05, 0) is 13.3 Å². The molecule has 1 aliphatic rings. The zero-order chi connectivity index (χ0) is 13.0. The van der Waals surface area contributed by atoms with Crippen molar-refractivity contribution in [3.63, 3.8) is 0 Å². The largest absolute Gasteiger partial charge is 0.463 e. The molecule has 0 radical (unpaired) electrons. The Morgan fingerprint density at radius 3 is 2.67 bits per heavy atom. The van der Waals surface area contributed by atoms with Crippen LogP contribution in [0.2, 0.25) is 0 Å². The molecule has 2 rings (SSSR count). The van der Waals surface area contributed by atoms with Crippen LogP contribution < -0.4 is 0 Å². The fourth-order valence-corrected chi connectivity index (χ4v) is 1.80. The lowest BCUT2D eigenvalue weighted by atomic mass is 10.0. The monoisotopic (exact) mass is 246 g/mol. The summed E-state index contributed by atoms with van der Waals surface area (Å²) in [5.74, 6) is -0.406. The average Bonchev–Trinajstić information content (AvgIpc) is 2.40. The van der Waals surface area contributed by atoms with Gasteiger partial charge in [-0.15, -0.1) is 0 Å². The number of hydrogen-bond acceptors (Lipinski definition) is 4. The first-order valence-corrected chi connectivity index (χ1v) is 5.88. The highest BCUT2D eigenvalue weighted by Gasteiger charge is 2.26. The van der Waals surface area contributed by atoms with Gasteiger partial charge in [0.1, 0.15) is 5.76 Å². The van der Waals surface area contributed by atoms with Gasteiger partial charge in [-0.1, -0.05) is 30.3 Å². The van der Waals surface area contributed by atoms with Crippen LogP contribution in [0.25, 0.3) is 5.76 Å². The maximum atomic E-state index is 11.8. The molecular formula is C14H14O4. The van der Waals surface area contributed by atoms with E-state index in [0.717, 1.165) is 0 Å². The predicted octanol–water partition coefficient (Wildman–Crippen LogP) is 2.30. The normalized spacial score (nSPS) is 15.3. The molecular weight excluding hydrogens is 232 g/mol. The maximum Gasteiger partial charge on any atom is 0.337 e. The van der Waals surface area contributed by atoms with Crippen LogP contribution in [0.3, 0.4) is 0 Å². The molecule has 0 atom stereocenters. The van der Waals surface area contributed by atoms with Gasteiger partial charge in [-0.25, -0.2) is 4.79 Å². The number of rotatable bonds is 3. The van der Waals surface area contributed by atoms with E-state index in [1.165, 1.54) is 0 Å². The zero-order valence-corrected chi connectivity index (χ0v) is 10.1. The molecule has 1 heterocycles. The summed E-state index contributed by atoms with van der Waals surface area (Å²) in [5, 5.41) is 0. The van der Waals surface area contributed by atoms with Crippen molar-refractivity contribution in [2.75, 3.05) is 6.61 Å². The Morgan fingerprint density at radius 1 is 1.28 bits per heavy atom. The van der Waals surface area contributed by atoms with Crippen LogP contribution in [0.1, 0.15) is 25.3 Å². The predicted molar refractivity (Wildman–Crippen MR) is 65.3 cm³/mol. The first-order chi connectivity index (χ1) is 8.72. The van der Waals surface area contributed by atoms with Crippen LogP contribution in [0.5, 0.6) is 0 Å². The molecule has 0 spiro atoms. The smallest absolute Gasteiger partial charge is 0.337 e. The molecule has 0 fully saturated rings. The molecule has 94 valence electrons. The van der Waals surface area contributed by atoms with Crippen LogP contribution in [0.15, 0.2) is 35.9 Å². The van der Waals surface area contributed by atoms with Crippen molar-refractivity contribution in [3.05, 3.63) is 41.5 Å². The van der Waals surface area contributed by atoms with Crippen molar-refractivity contribution in [1.29, 1.82) is 0 Å². The Balaban J connectivity index is 2.40. The number of esters is 2. The second-order valence-corrected chi connectivity index (χ2v) is 3.87. The Bertz CT molecular complexity index is 488. The Morgan fingerprint density at radius 2 is 2.00 bits per heavy atom. The molecule has 0 aliphatic carbocycles. The number of benzene rings is 1. The minimum Gasteiger partial charge on any atom is -0.463 e. The molecule has 0 N–H and O–H groups in total. The minimum atomic E-state index is -0.413. The van der Waals surface area contributed by atoms with Gasteiger partial charge in [0.15, 0.2) is 0 Å². The van der Waals surface area contributed by atoms with Crippen LogP contribution in [-0.2, 0) is 19.1 Å². The molecule has 1 aromatic carbocycles. The molecule has 4 nitrogen and oxygen atoms in total. The van der Waals surface area contributed by atoms with Gasteiger partial charge < -0.3 is 9.47 Å². The Labute approximate surface area is 105 Å². The van der Waals surface area contributed by atoms with Crippen molar-refractivity contribution >= 4 is 17.7 Å². The average molecular weight is 246 g/mol. The quantitative estimate of drug-likeness (QED) is 0.768. The zero-order valence-electron chi connectivity index (χ0n) is 10.1. The van der Waals surface area contributed by atoms with Crippen LogP contribution >= 0.6 is 0 Å². The molecule has 1 aromatic rings. The molecule has 4 heteroatoms. The first-order valence-electron chi connectivity index (χ1n) is 5.88. The minimum absolute atomic E-state index is 0.213. The molecule has 0 amide bonds.